The van der Waals surface area contributed by atoms with E-state index in [1.807, 2.05) is 60.7 Å². The van der Waals surface area contributed by atoms with Gasteiger partial charge in [0.1, 0.15) is 0 Å². The third-order valence-electron chi connectivity index (χ3n) is 8.85. The number of rotatable bonds is 14. The molecule has 252 valence electrons. The molecule has 9 heteroatoms. The van der Waals surface area contributed by atoms with Crippen LogP contribution >= 0.6 is 23.2 Å². The van der Waals surface area contributed by atoms with Crippen LogP contribution in [0, 0.1) is 11.8 Å². The van der Waals surface area contributed by atoms with Gasteiger partial charge < -0.3 is 0 Å². The first-order valence-corrected chi connectivity index (χ1v) is 20.9. The van der Waals surface area contributed by atoms with Gasteiger partial charge in [-0.3, -0.25) is 0 Å². The Kier molecular flexibility index (Phi) is 11.5. The van der Waals surface area contributed by atoms with Gasteiger partial charge in [0.05, 0.1) is 0 Å². The summed E-state index contributed by atoms with van der Waals surface area (Å²) >= 11 is 10.7. The minimum absolute atomic E-state index is 0.352. The molecule has 0 saturated carbocycles. The molecule has 0 spiro atoms. The van der Waals surface area contributed by atoms with Crippen molar-refractivity contribution in [3.8, 4) is 34.5 Å². The van der Waals surface area contributed by atoms with Crippen molar-refractivity contribution in [3.05, 3.63) is 115 Å². The van der Waals surface area contributed by atoms with E-state index < -0.39 is 16.6 Å². The van der Waals surface area contributed by atoms with E-state index in [1.54, 1.807) is 0 Å². The van der Waals surface area contributed by atoms with Gasteiger partial charge in [-0.15, -0.1) is 0 Å². The predicted octanol–water partition coefficient (Wildman–Crippen LogP) is 9.55. The van der Waals surface area contributed by atoms with Crippen LogP contribution < -0.4 is 17.2 Å². The van der Waals surface area contributed by atoms with Crippen molar-refractivity contribution < 1.29 is 26.1 Å². The van der Waals surface area contributed by atoms with Crippen LogP contribution in [0.15, 0.2) is 105 Å². The predicted molar refractivity (Wildman–Crippen MR) is 198 cm³/mol. The Morgan fingerprint density at radius 3 is 1.37 bits per heavy atom. The Bertz CT molecular complexity index is 1770. The summed E-state index contributed by atoms with van der Waals surface area (Å²) in [5.74, 6) is 2.87. The molecule has 0 bridgehead atoms. The molecule has 0 radical (unpaired) electrons. The SMILES string of the molecule is CC(C)CCOc1nc(-c2ccccc2)nc(Cl)[c]1[Ti]([C]1=CC=CC1)([C]1=CC=CC1)[c]1c(Cl)nc(-c2ccccc2)nc1OCCC(C)C. The van der Waals surface area contributed by atoms with Gasteiger partial charge in [0.2, 0.25) is 0 Å². The number of halogens is 2. The number of hydrogen-bond donors (Lipinski definition) is 0. The van der Waals surface area contributed by atoms with Crippen molar-refractivity contribution >= 4 is 30.9 Å². The van der Waals surface area contributed by atoms with Gasteiger partial charge in [-0.05, 0) is 0 Å². The second kappa shape index (κ2) is 16.0. The number of hydrogen-bond acceptors (Lipinski definition) is 6. The van der Waals surface area contributed by atoms with Crippen LogP contribution in [0.3, 0.4) is 0 Å². The second-order valence-electron chi connectivity index (χ2n) is 13.2. The average molecular weight is 730 g/mol. The van der Waals surface area contributed by atoms with Crippen LogP contribution in [-0.4, -0.2) is 33.1 Å². The molecule has 2 aliphatic carbocycles. The molecular formula is C40H42Cl2N4O2Ti. The third-order valence-corrected chi connectivity index (χ3v) is 17.8. The molecule has 0 unspecified atom stereocenters. The Balaban J connectivity index is 1.68. The summed E-state index contributed by atoms with van der Waals surface area (Å²) < 4.78 is 17.4. The molecule has 49 heavy (non-hydrogen) atoms. The summed E-state index contributed by atoms with van der Waals surface area (Å²) in [4.78, 5) is 20.3. The third kappa shape index (κ3) is 7.63. The van der Waals surface area contributed by atoms with Gasteiger partial charge in [0, 0.05) is 0 Å². The maximum atomic E-state index is 7.49. The summed E-state index contributed by atoms with van der Waals surface area (Å²) in [6, 6.07) is 19.8. The van der Waals surface area contributed by atoms with Crippen LogP contribution in [0.5, 0.6) is 11.8 Å². The first-order chi connectivity index (χ1) is 23.8. The van der Waals surface area contributed by atoms with E-state index in [0.29, 0.717) is 58.8 Å². The Hall–Kier alpha value is -3.55. The number of ether oxygens (including phenoxy) is 2. The molecule has 2 aliphatic rings. The fourth-order valence-electron chi connectivity index (χ4n) is 6.31. The van der Waals surface area contributed by atoms with E-state index in [1.165, 1.54) is 7.76 Å². The summed E-state index contributed by atoms with van der Waals surface area (Å²) in [5.41, 5.74) is 1.72. The number of allylic oxidation sites excluding steroid dienone is 8. The molecule has 0 atom stereocenters. The number of aromatic nitrogens is 4. The fraction of sp³-hybridized carbons (Fsp3) is 0.300. The number of nitrogens with zero attached hydrogens (tertiary/aromatic N) is 4. The summed E-state index contributed by atoms with van der Waals surface area (Å²) in [5, 5.41) is 0.704. The van der Waals surface area contributed by atoms with Gasteiger partial charge in [-0.2, -0.15) is 0 Å². The van der Waals surface area contributed by atoms with Crippen molar-refractivity contribution in [2.75, 3.05) is 13.2 Å². The summed E-state index contributed by atoms with van der Waals surface area (Å²) in [6.45, 7) is 9.70. The average Bonchev–Trinajstić information content (AvgIpc) is 3.83. The summed E-state index contributed by atoms with van der Waals surface area (Å²) in [6.07, 6.45) is 16.1. The standard InChI is InChI=1S/2C15H16ClN2O.2C5H5.Ti/c2*1-11(2)8-9-19-14-10-13(16)17-15(18-14)12-6-4-3-5-7-12;2*1-2-4-5-3-1;/h2*3-7,11H,8-9H2,1-2H3;2*1-3H,4H2;. The van der Waals surface area contributed by atoms with E-state index in [-0.39, 0.29) is 0 Å². The molecule has 2 aromatic carbocycles. The zero-order chi connectivity index (χ0) is 34.4. The normalized spacial score (nSPS) is 14.1. The van der Waals surface area contributed by atoms with Crippen LogP contribution in [0.1, 0.15) is 53.4 Å². The van der Waals surface area contributed by atoms with Crippen molar-refractivity contribution in [1.82, 2.24) is 19.9 Å². The van der Waals surface area contributed by atoms with Gasteiger partial charge in [-0.25, -0.2) is 0 Å². The van der Waals surface area contributed by atoms with E-state index >= 15 is 0 Å². The van der Waals surface area contributed by atoms with Gasteiger partial charge >= 0.3 is 305 Å². The Morgan fingerprint density at radius 2 is 1.02 bits per heavy atom. The zero-order valence-electron chi connectivity index (χ0n) is 28.5. The Labute approximate surface area is 303 Å². The van der Waals surface area contributed by atoms with Crippen molar-refractivity contribution in [1.29, 1.82) is 0 Å². The Morgan fingerprint density at radius 1 is 0.612 bits per heavy atom. The fourth-order valence-corrected chi connectivity index (χ4v) is 15.8. The molecule has 0 N–H and O–H groups in total. The van der Waals surface area contributed by atoms with Gasteiger partial charge in [-0.1, -0.05) is 0 Å². The van der Waals surface area contributed by atoms with E-state index in [4.69, 9.17) is 52.6 Å². The number of benzene rings is 2. The van der Waals surface area contributed by atoms with E-state index in [2.05, 4.69) is 64.2 Å². The van der Waals surface area contributed by atoms with E-state index in [9.17, 15) is 0 Å². The van der Waals surface area contributed by atoms with Crippen molar-refractivity contribution in [2.45, 2.75) is 53.4 Å². The molecule has 2 heterocycles. The molecule has 0 saturated heterocycles. The zero-order valence-corrected chi connectivity index (χ0v) is 31.6. The molecule has 0 fully saturated rings. The molecule has 0 amide bonds. The van der Waals surface area contributed by atoms with Gasteiger partial charge in [0.15, 0.2) is 0 Å². The molecular weight excluding hydrogens is 687 g/mol. The quantitative estimate of drug-likeness (QED) is 0.0952. The van der Waals surface area contributed by atoms with Gasteiger partial charge in [0.25, 0.3) is 0 Å². The van der Waals surface area contributed by atoms with Crippen LogP contribution in [-0.2, 0) is 16.6 Å². The second-order valence-corrected chi connectivity index (χ2v) is 19.9. The molecule has 6 rings (SSSR count). The molecule has 0 aliphatic heterocycles. The van der Waals surface area contributed by atoms with Crippen molar-refractivity contribution in [2.24, 2.45) is 11.8 Å². The molecule has 4 aromatic rings. The summed E-state index contributed by atoms with van der Waals surface area (Å²) in [7, 11) is 0. The van der Waals surface area contributed by atoms with E-state index in [0.717, 1.165) is 44.5 Å². The molecule has 6 nitrogen and oxygen atoms in total. The monoisotopic (exact) mass is 728 g/mol. The minimum atomic E-state index is -4.24. The van der Waals surface area contributed by atoms with Crippen LogP contribution in [0.25, 0.3) is 22.8 Å². The molecule has 2 aromatic heterocycles. The van der Waals surface area contributed by atoms with Crippen LogP contribution in [0.2, 0.25) is 10.3 Å². The topological polar surface area (TPSA) is 70.0 Å². The first kappa shape index (κ1) is 35.3. The maximum absolute atomic E-state index is 7.49. The first-order valence-electron chi connectivity index (χ1n) is 17.0. The van der Waals surface area contributed by atoms with Crippen molar-refractivity contribution in [3.63, 3.8) is 0 Å². The van der Waals surface area contributed by atoms with Crippen LogP contribution in [0.4, 0.5) is 0 Å².